The van der Waals surface area contributed by atoms with E-state index in [9.17, 15) is 14.0 Å². The number of aliphatic hydroxyl groups excluding tert-OH is 1. The molecule has 2 aromatic rings. The third-order valence-corrected chi connectivity index (χ3v) is 6.12. The molecule has 1 aromatic carbocycles. The Balaban J connectivity index is 1.77. The summed E-state index contributed by atoms with van der Waals surface area (Å²) >= 11 is 0. The highest BCUT2D eigenvalue weighted by atomic mass is 19.1. The summed E-state index contributed by atoms with van der Waals surface area (Å²) in [5.74, 6) is 0.286. The predicted molar refractivity (Wildman–Crippen MR) is 115 cm³/mol. The van der Waals surface area contributed by atoms with Crippen LogP contribution in [0.25, 0.3) is 0 Å². The number of benzene rings is 1. The van der Waals surface area contributed by atoms with Crippen LogP contribution in [0.2, 0.25) is 0 Å². The van der Waals surface area contributed by atoms with Gasteiger partial charge in [0.2, 0.25) is 5.91 Å². The molecule has 1 fully saturated rings. The van der Waals surface area contributed by atoms with Crippen LogP contribution in [0.1, 0.15) is 48.7 Å². The van der Waals surface area contributed by atoms with Gasteiger partial charge in [-0.2, -0.15) is 0 Å². The smallest absolute Gasteiger partial charge is 0.251 e. The minimum Gasteiger partial charge on any atom is -0.395 e. The lowest BCUT2D eigenvalue weighted by Crippen LogP contribution is -2.51. The van der Waals surface area contributed by atoms with Crippen LogP contribution in [-0.4, -0.2) is 41.1 Å². The fourth-order valence-electron chi connectivity index (χ4n) is 4.60. The standard InChI is InChI=1S/C23H27FN4O3/c1-13-21(27-20-8-6-17(24)12-26-20)18-11-16(23(31)25-9-10-29)5-7-19(18)28(14(2)30)22(13)15-3-4-15/h5-8,11-13,15,21-22,29H,3-4,9-10H2,1-2H3,(H,25,31)(H,26,27)/t13-,21-,22-/m1/s1. The van der Waals surface area contributed by atoms with Crippen molar-refractivity contribution in [3.05, 3.63) is 53.5 Å². The van der Waals surface area contributed by atoms with Gasteiger partial charge >= 0.3 is 0 Å². The number of halogens is 1. The van der Waals surface area contributed by atoms with Gasteiger partial charge in [-0.25, -0.2) is 9.37 Å². The second kappa shape index (κ2) is 8.63. The van der Waals surface area contributed by atoms with Crippen molar-refractivity contribution in [3.63, 3.8) is 0 Å². The Hall–Kier alpha value is -3.00. The largest absolute Gasteiger partial charge is 0.395 e. The van der Waals surface area contributed by atoms with E-state index in [4.69, 9.17) is 5.11 Å². The maximum atomic E-state index is 13.3. The Morgan fingerprint density at radius 1 is 1.26 bits per heavy atom. The molecule has 2 aliphatic rings. The minimum atomic E-state index is -0.413. The monoisotopic (exact) mass is 426 g/mol. The number of pyridine rings is 1. The molecule has 7 nitrogen and oxygen atoms in total. The summed E-state index contributed by atoms with van der Waals surface area (Å²) < 4.78 is 13.3. The van der Waals surface area contributed by atoms with Crippen molar-refractivity contribution < 1.29 is 19.1 Å². The predicted octanol–water partition coefficient (Wildman–Crippen LogP) is 2.88. The molecule has 1 saturated carbocycles. The highest BCUT2D eigenvalue weighted by Crippen LogP contribution is 2.50. The molecule has 2 amide bonds. The summed E-state index contributed by atoms with van der Waals surface area (Å²) in [6.07, 6.45) is 3.32. The number of nitrogens with zero attached hydrogens (tertiary/aromatic N) is 2. The van der Waals surface area contributed by atoms with Crippen molar-refractivity contribution in [2.75, 3.05) is 23.4 Å². The van der Waals surface area contributed by atoms with E-state index in [-0.39, 0.29) is 43.0 Å². The van der Waals surface area contributed by atoms with Gasteiger partial charge < -0.3 is 20.6 Å². The maximum absolute atomic E-state index is 13.3. The quantitative estimate of drug-likeness (QED) is 0.660. The number of anilines is 2. The summed E-state index contributed by atoms with van der Waals surface area (Å²) in [6, 6.07) is 8.08. The number of carbonyl (C=O) groups is 2. The molecule has 0 bridgehead atoms. The van der Waals surface area contributed by atoms with Gasteiger partial charge in [-0.1, -0.05) is 6.92 Å². The van der Waals surface area contributed by atoms with Crippen LogP contribution in [0.3, 0.4) is 0 Å². The Bertz CT molecular complexity index is 977. The number of aliphatic hydroxyl groups is 1. The number of hydrogen-bond acceptors (Lipinski definition) is 5. The Labute approximate surface area is 180 Å². The summed E-state index contributed by atoms with van der Waals surface area (Å²) in [6.45, 7) is 3.69. The lowest BCUT2D eigenvalue weighted by atomic mass is 9.79. The van der Waals surface area contributed by atoms with E-state index in [0.717, 1.165) is 30.3 Å². The van der Waals surface area contributed by atoms with Crippen molar-refractivity contribution in [3.8, 4) is 0 Å². The van der Waals surface area contributed by atoms with Gasteiger partial charge in [0, 0.05) is 36.7 Å². The number of amides is 2. The molecule has 0 unspecified atom stereocenters. The van der Waals surface area contributed by atoms with Crippen molar-refractivity contribution in [1.82, 2.24) is 10.3 Å². The maximum Gasteiger partial charge on any atom is 0.251 e. The third kappa shape index (κ3) is 4.25. The fraction of sp³-hybridized carbons (Fsp3) is 0.435. The molecule has 1 aromatic heterocycles. The van der Waals surface area contributed by atoms with Crippen molar-refractivity contribution in [2.24, 2.45) is 11.8 Å². The summed E-state index contributed by atoms with van der Waals surface area (Å²) in [5.41, 5.74) is 2.05. The first-order chi connectivity index (χ1) is 14.9. The molecular formula is C23H27FN4O3. The van der Waals surface area contributed by atoms with E-state index in [1.807, 2.05) is 11.0 Å². The van der Waals surface area contributed by atoms with Crippen molar-refractivity contribution in [2.45, 2.75) is 38.8 Å². The minimum absolute atomic E-state index is 0.0270. The number of nitrogens with one attached hydrogen (secondary N) is 2. The zero-order valence-corrected chi connectivity index (χ0v) is 17.6. The van der Waals surface area contributed by atoms with Gasteiger partial charge in [0.1, 0.15) is 11.6 Å². The highest BCUT2D eigenvalue weighted by Gasteiger charge is 2.47. The third-order valence-electron chi connectivity index (χ3n) is 6.12. The highest BCUT2D eigenvalue weighted by molar-refractivity contribution is 5.98. The average Bonchev–Trinajstić information content (AvgIpc) is 3.59. The molecule has 3 atom stereocenters. The molecule has 1 aliphatic heterocycles. The van der Waals surface area contributed by atoms with Crippen LogP contribution in [0.15, 0.2) is 36.5 Å². The van der Waals surface area contributed by atoms with E-state index in [2.05, 4.69) is 22.5 Å². The lowest BCUT2D eigenvalue weighted by Gasteiger charge is -2.46. The fourth-order valence-corrected chi connectivity index (χ4v) is 4.60. The molecule has 8 heteroatoms. The topological polar surface area (TPSA) is 94.6 Å². The molecule has 31 heavy (non-hydrogen) atoms. The lowest BCUT2D eigenvalue weighted by molar-refractivity contribution is -0.117. The molecule has 0 saturated heterocycles. The van der Waals surface area contributed by atoms with Crippen LogP contribution < -0.4 is 15.5 Å². The van der Waals surface area contributed by atoms with Crippen LogP contribution in [0.5, 0.6) is 0 Å². The zero-order valence-electron chi connectivity index (χ0n) is 17.6. The SMILES string of the molecule is CC(=O)N1c2ccc(C(=O)NCCO)cc2[C@H](Nc2ccc(F)cn2)[C@@H](C)[C@@H]1C1CC1. The summed E-state index contributed by atoms with van der Waals surface area (Å²) in [5, 5.41) is 15.1. The van der Waals surface area contributed by atoms with Crippen LogP contribution in [0.4, 0.5) is 15.9 Å². The second-order valence-electron chi connectivity index (χ2n) is 8.31. The first-order valence-corrected chi connectivity index (χ1v) is 10.6. The molecule has 164 valence electrons. The molecule has 1 aliphatic carbocycles. The number of rotatable bonds is 6. The molecule has 4 rings (SSSR count). The zero-order chi connectivity index (χ0) is 22.1. The number of hydrogen-bond donors (Lipinski definition) is 3. The summed E-state index contributed by atoms with van der Waals surface area (Å²) in [7, 11) is 0. The van der Waals surface area contributed by atoms with Gasteiger partial charge in [-0.15, -0.1) is 0 Å². The van der Waals surface area contributed by atoms with E-state index in [1.54, 1.807) is 25.1 Å². The Morgan fingerprint density at radius 3 is 2.65 bits per heavy atom. The molecule has 2 heterocycles. The average molecular weight is 426 g/mol. The first kappa shape index (κ1) is 21.2. The van der Waals surface area contributed by atoms with E-state index < -0.39 is 5.82 Å². The van der Waals surface area contributed by atoms with Gasteiger partial charge in [-0.05, 0) is 54.7 Å². The molecule has 0 radical (unpaired) electrons. The van der Waals surface area contributed by atoms with Crippen molar-refractivity contribution in [1.29, 1.82) is 0 Å². The molecule has 3 N–H and O–H groups in total. The van der Waals surface area contributed by atoms with Crippen LogP contribution >= 0.6 is 0 Å². The van der Waals surface area contributed by atoms with Crippen LogP contribution in [0, 0.1) is 17.7 Å². The number of aromatic nitrogens is 1. The second-order valence-corrected chi connectivity index (χ2v) is 8.31. The van der Waals surface area contributed by atoms with Crippen LogP contribution in [-0.2, 0) is 4.79 Å². The Kier molecular flexibility index (Phi) is 5.91. The van der Waals surface area contributed by atoms with E-state index >= 15 is 0 Å². The van der Waals surface area contributed by atoms with Gasteiger partial charge in [0.15, 0.2) is 0 Å². The number of carbonyl (C=O) groups excluding carboxylic acids is 2. The van der Waals surface area contributed by atoms with E-state index in [1.165, 1.54) is 6.07 Å². The number of fused-ring (bicyclic) bond motifs is 1. The normalized spacial score (nSPS) is 22.6. The summed E-state index contributed by atoms with van der Waals surface area (Å²) in [4.78, 5) is 31.2. The van der Waals surface area contributed by atoms with Crippen molar-refractivity contribution >= 4 is 23.3 Å². The molecule has 0 spiro atoms. The first-order valence-electron chi connectivity index (χ1n) is 10.6. The van der Waals surface area contributed by atoms with Gasteiger partial charge in [0.25, 0.3) is 5.91 Å². The van der Waals surface area contributed by atoms with Gasteiger partial charge in [0.05, 0.1) is 18.8 Å². The van der Waals surface area contributed by atoms with E-state index in [0.29, 0.717) is 17.3 Å². The van der Waals surface area contributed by atoms with Gasteiger partial charge in [-0.3, -0.25) is 9.59 Å². The Morgan fingerprint density at radius 2 is 2.03 bits per heavy atom. The molecular weight excluding hydrogens is 399 g/mol.